The maximum Gasteiger partial charge on any atom is 0.407 e. The fourth-order valence-corrected chi connectivity index (χ4v) is 10.6. The van der Waals surface area contributed by atoms with Gasteiger partial charge in [-0.05, 0) is 38.9 Å². The van der Waals surface area contributed by atoms with Crippen LogP contribution in [0.25, 0.3) is 11.1 Å². The molecule has 7 atom stereocenters. The highest BCUT2D eigenvalue weighted by molar-refractivity contribution is 8.01. The molecular formula is C54H50N2O11S. The Labute approximate surface area is 398 Å². The average Bonchev–Trinajstić information content (AvgIpc) is 3.69. The summed E-state index contributed by atoms with van der Waals surface area (Å²) in [6.07, 6.45) is -6.32. The molecule has 9 rings (SSSR count). The van der Waals surface area contributed by atoms with Gasteiger partial charge in [0.15, 0.2) is 24.7 Å². The number of hydrogen-bond acceptors (Lipinski definition) is 11. The first kappa shape index (κ1) is 46.3. The lowest BCUT2D eigenvalue weighted by Crippen LogP contribution is -2.68. The number of ether oxygens (including phenoxy) is 6. The van der Waals surface area contributed by atoms with Crippen LogP contribution in [0.1, 0.15) is 52.5 Å². The molecule has 6 aromatic rings. The number of fused-ring (bicyclic) bond motifs is 4. The standard InChI is InChI=1S/C54H50N2O11S/c1-34(57)55-47-49(66-46(58)33-68-54(36-20-8-3-9-21-36,37-22-10-4-11-23-37)38-24-12-5-13-25-38)48-45(32-63-51(67-48)35-18-6-2-7-19-35)65-52(47)62-31-44(50(59)60)56-53(61)64-30-43-41-28-16-14-26-39(41)40-27-15-17-29-42(40)43/h2-29,43-45,47-49,51-52H,30-33H2,1H3,(H,55,57)(H,56,61)(H,59,60)/t44-,45?,47-,48-,49-,51?,52-/m1/s1. The summed E-state index contributed by atoms with van der Waals surface area (Å²) in [5.41, 5.74) is 7.64. The number of carbonyl (C=O) groups is 4. The highest BCUT2D eigenvalue weighted by Crippen LogP contribution is 2.49. The third-order valence-corrected chi connectivity index (χ3v) is 13.9. The Morgan fingerprint density at radius 2 is 1.25 bits per heavy atom. The number of esters is 1. The second-order valence-electron chi connectivity index (χ2n) is 16.7. The summed E-state index contributed by atoms with van der Waals surface area (Å²) in [5.74, 6) is -2.92. The van der Waals surface area contributed by atoms with Crippen molar-refractivity contribution in [2.24, 2.45) is 0 Å². The van der Waals surface area contributed by atoms with Gasteiger partial charge >= 0.3 is 18.0 Å². The highest BCUT2D eigenvalue weighted by Gasteiger charge is 2.53. The van der Waals surface area contributed by atoms with Crippen molar-refractivity contribution < 1.29 is 52.7 Å². The maximum atomic E-state index is 14.5. The summed E-state index contributed by atoms with van der Waals surface area (Å²) in [6.45, 7) is 0.614. The molecule has 14 heteroatoms. The summed E-state index contributed by atoms with van der Waals surface area (Å²) in [5, 5.41) is 15.5. The Morgan fingerprint density at radius 1 is 0.721 bits per heavy atom. The lowest BCUT2D eigenvalue weighted by atomic mass is 9.84. The molecule has 6 aromatic carbocycles. The van der Waals surface area contributed by atoms with E-state index in [-0.39, 0.29) is 24.9 Å². The molecule has 2 amide bonds. The Bertz CT molecular complexity index is 2550. The van der Waals surface area contributed by atoms with Crippen molar-refractivity contribution in [2.75, 3.05) is 25.6 Å². The van der Waals surface area contributed by atoms with Crippen molar-refractivity contribution in [2.45, 2.75) is 60.6 Å². The van der Waals surface area contributed by atoms with Crippen LogP contribution in [-0.2, 0) is 47.6 Å². The molecule has 2 unspecified atom stereocenters. The number of carboxylic acid groups (broad SMARTS) is 1. The molecule has 0 radical (unpaired) electrons. The monoisotopic (exact) mass is 934 g/mol. The lowest BCUT2D eigenvalue weighted by molar-refractivity contribution is -0.345. The van der Waals surface area contributed by atoms with Crippen molar-refractivity contribution in [3.05, 3.63) is 203 Å². The predicted molar refractivity (Wildman–Crippen MR) is 253 cm³/mol. The molecule has 0 saturated carbocycles. The van der Waals surface area contributed by atoms with Crippen LogP contribution in [0, 0.1) is 0 Å². The molecule has 1 aliphatic carbocycles. The molecule has 2 aliphatic heterocycles. The van der Waals surface area contributed by atoms with E-state index in [9.17, 15) is 24.3 Å². The normalized spacial score (nSPS) is 21.2. The quantitative estimate of drug-likeness (QED) is 0.0634. The molecule has 2 heterocycles. The minimum absolute atomic E-state index is 0.0286. The fourth-order valence-electron chi connectivity index (χ4n) is 9.29. The molecule has 0 aromatic heterocycles. The number of rotatable bonds is 16. The number of thioether (sulfide) groups is 1. The largest absolute Gasteiger partial charge is 0.480 e. The van der Waals surface area contributed by atoms with E-state index in [2.05, 4.69) is 10.6 Å². The number of nitrogens with one attached hydrogen (secondary N) is 2. The molecule has 348 valence electrons. The van der Waals surface area contributed by atoms with Crippen LogP contribution in [0.5, 0.6) is 0 Å². The molecular weight excluding hydrogens is 885 g/mol. The minimum Gasteiger partial charge on any atom is -0.480 e. The zero-order valence-corrected chi connectivity index (χ0v) is 37.9. The smallest absolute Gasteiger partial charge is 0.407 e. The highest BCUT2D eigenvalue weighted by atomic mass is 32.2. The Morgan fingerprint density at radius 3 is 1.79 bits per heavy atom. The second-order valence-corrected chi connectivity index (χ2v) is 17.9. The summed E-state index contributed by atoms with van der Waals surface area (Å²) in [4.78, 5) is 53.4. The topological polar surface area (TPSA) is 168 Å². The predicted octanol–water partition coefficient (Wildman–Crippen LogP) is 7.98. The van der Waals surface area contributed by atoms with E-state index in [1.807, 2.05) is 170 Å². The van der Waals surface area contributed by atoms with Crippen LogP contribution >= 0.6 is 11.8 Å². The zero-order chi connectivity index (χ0) is 47.0. The van der Waals surface area contributed by atoms with Gasteiger partial charge in [-0.1, -0.05) is 170 Å². The van der Waals surface area contributed by atoms with Gasteiger partial charge in [0.05, 0.1) is 23.7 Å². The van der Waals surface area contributed by atoms with Crippen molar-refractivity contribution in [1.29, 1.82) is 0 Å². The van der Waals surface area contributed by atoms with E-state index >= 15 is 0 Å². The maximum absolute atomic E-state index is 14.5. The number of aliphatic carboxylic acids is 1. The van der Waals surface area contributed by atoms with Gasteiger partial charge in [-0.3, -0.25) is 9.59 Å². The first-order valence-electron chi connectivity index (χ1n) is 22.4. The Kier molecular flexibility index (Phi) is 14.3. The van der Waals surface area contributed by atoms with E-state index in [1.165, 1.54) is 18.7 Å². The third kappa shape index (κ3) is 9.91. The van der Waals surface area contributed by atoms with Gasteiger partial charge in [-0.15, -0.1) is 11.8 Å². The summed E-state index contributed by atoms with van der Waals surface area (Å²) >= 11 is 1.39. The SMILES string of the molecule is CC(=O)N[C@H]1[C@H](OC[C@@H](NC(=O)OCC2c3ccccc3-c3ccccc32)C(=O)O)OC2COC(c3ccccc3)O[C@H]2[C@@H]1OC(=O)CSC(c1ccccc1)(c1ccccc1)c1ccccc1. The van der Waals surface area contributed by atoms with E-state index in [0.29, 0.717) is 5.56 Å². The van der Waals surface area contributed by atoms with Crippen molar-refractivity contribution in [3.8, 4) is 11.1 Å². The Balaban J connectivity index is 0.951. The molecule has 13 nitrogen and oxygen atoms in total. The molecule has 0 spiro atoms. The summed E-state index contributed by atoms with van der Waals surface area (Å²) in [6, 6.07) is 51.9. The van der Waals surface area contributed by atoms with Gasteiger partial charge in [0, 0.05) is 18.4 Å². The second kappa shape index (κ2) is 21.0. The van der Waals surface area contributed by atoms with Crippen LogP contribution < -0.4 is 10.6 Å². The Hall–Kier alpha value is -6.81. The molecule has 3 aliphatic rings. The first-order chi connectivity index (χ1) is 33.2. The molecule has 2 fully saturated rings. The van der Waals surface area contributed by atoms with Crippen molar-refractivity contribution in [3.63, 3.8) is 0 Å². The van der Waals surface area contributed by atoms with Gasteiger partial charge < -0.3 is 44.2 Å². The fraction of sp³-hybridized carbons (Fsp3) is 0.259. The number of carbonyl (C=O) groups excluding carboxylic acids is 3. The molecule has 3 N–H and O–H groups in total. The molecule has 68 heavy (non-hydrogen) atoms. The van der Waals surface area contributed by atoms with Crippen LogP contribution in [0.15, 0.2) is 170 Å². The van der Waals surface area contributed by atoms with Crippen LogP contribution in [0.3, 0.4) is 0 Å². The number of amides is 2. The lowest BCUT2D eigenvalue weighted by Gasteiger charge is -2.49. The van der Waals surface area contributed by atoms with E-state index < -0.39 is 78.3 Å². The average molecular weight is 935 g/mol. The van der Waals surface area contributed by atoms with Crippen LogP contribution in [0.4, 0.5) is 4.79 Å². The summed E-state index contributed by atoms with van der Waals surface area (Å²) < 4.78 is 36.4. The molecule has 0 bridgehead atoms. The number of benzene rings is 6. The van der Waals surface area contributed by atoms with E-state index in [0.717, 1.165) is 38.9 Å². The number of alkyl carbamates (subject to hydrolysis) is 1. The third-order valence-electron chi connectivity index (χ3n) is 12.4. The van der Waals surface area contributed by atoms with Gasteiger partial charge in [0.25, 0.3) is 0 Å². The minimum atomic E-state index is -1.61. The van der Waals surface area contributed by atoms with E-state index in [4.69, 9.17) is 28.4 Å². The molecule has 2 saturated heterocycles. The van der Waals surface area contributed by atoms with Gasteiger partial charge in [0.1, 0.15) is 24.9 Å². The summed E-state index contributed by atoms with van der Waals surface area (Å²) in [7, 11) is 0. The zero-order valence-electron chi connectivity index (χ0n) is 37.1. The van der Waals surface area contributed by atoms with Crippen LogP contribution in [0.2, 0.25) is 0 Å². The van der Waals surface area contributed by atoms with Gasteiger partial charge in [-0.25, -0.2) is 9.59 Å². The van der Waals surface area contributed by atoms with Gasteiger partial charge in [0.2, 0.25) is 5.91 Å². The van der Waals surface area contributed by atoms with Gasteiger partial charge in [-0.2, -0.15) is 0 Å². The van der Waals surface area contributed by atoms with E-state index in [1.54, 1.807) is 0 Å². The van der Waals surface area contributed by atoms with Crippen molar-refractivity contribution in [1.82, 2.24) is 10.6 Å². The number of hydrogen-bond donors (Lipinski definition) is 3. The van der Waals surface area contributed by atoms with Crippen LogP contribution in [-0.4, -0.2) is 91.3 Å². The van der Waals surface area contributed by atoms with Crippen molar-refractivity contribution >= 4 is 35.7 Å². The first-order valence-corrected chi connectivity index (χ1v) is 23.4. The number of carboxylic acids is 1.